The molecule has 4 heterocycles. The zero-order valence-corrected chi connectivity index (χ0v) is 15.0. The van der Waals surface area contributed by atoms with E-state index in [1.54, 1.807) is 0 Å². The number of carbonyl (C=O) groups is 2. The fraction of sp³-hybridized carbons (Fsp3) is 0.500. The number of nitrogens with zero attached hydrogens (tertiary/aromatic N) is 1. The molecule has 136 valence electrons. The normalized spacial score (nSPS) is 32.3. The van der Waals surface area contributed by atoms with Crippen molar-refractivity contribution in [3.05, 3.63) is 35.5 Å². The molecule has 2 saturated heterocycles. The second kappa shape index (κ2) is 5.33. The highest BCUT2D eigenvalue weighted by molar-refractivity contribution is 5.90. The molecule has 0 unspecified atom stereocenters. The number of carbonyl (C=O) groups excluding carboxylic acids is 2. The Labute approximate surface area is 151 Å². The first-order valence-electron chi connectivity index (χ1n) is 9.15. The molecule has 6 heteroatoms. The SMILES string of the molecule is COC(=O)[C@H]1C[C@]2(C(=O)OC)Cc3c([nH]c4ccccc34)[C@@H]3CC[C@@H]1N32. The summed E-state index contributed by atoms with van der Waals surface area (Å²) in [5.74, 6) is -0.738. The molecule has 4 atom stereocenters. The minimum absolute atomic E-state index is 0.0334. The van der Waals surface area contributed by atoms with Crippen LogP contribution in [0.15, 0.2) is 24.3 Å². The number of rotatable bonds is 2. The predicted octanol–water partition coefficient (Wildman–Crippen LogP) is 2.33. The summed E-state index contributed by atoms with van der Waals surface area (Å²) in [6, 6.07) is 8.37. The Morgan fingerprint density at radius 1 is 1.19 bits per heavy atom. The van der Waals surface area contributed by atoms with Crippen LogP contribution in [0.5, 0.6) is 0 Å². The average molecular weight is 354 g/mol. The monoisotopic (exact) mass is 354 g/mol. The number of ether oxygens (including phenoxy) is 2. The van der Waals surface area contributed by atoms with E-state index in [4.69, 9.17) is 9.47 Å². The van der Waals surface area contributed by atoms with Gasteiger partial charge >= 0.3 is 11.9 Å². The number of fused-ring (bicyclic) bond motifs is 4. The number of benzene rings is 1. The number of aromatic amines is 1. The van der Waals surface area contributed by atoms with Gasteiger partial charge in [0.2, 0.25) is 0 Å². The smallest absolute Gasteiger partial charge is 0.326 e. The van der Waals surface area contributed by atoms with E-state index in [1.165, 1.54) is 25.5 Å². The van der Waals surface area contributed by atoms with E-state index in [0.29, 0.717) is 12.8 Å². The second-order valence-electron chi connectivity index (χ2n) is 7.66. The first-order chi connectivity index (χ1) is 12.6. The Kier molecular flexibility index (Phi) is 3.26. The van der Waals surface area contributed by atoms with Crippen LogP contribution in [0, 0.1) is 5.92 Å². The van der Waals surface area contributed by atoms with Crippen molar-refractivity contribution in [3.8, 4) is 0 Å². The lowest BCUT2D eigenvalue weighted by Gasteiger charge is -2.43. The minimum atomic E-state index is -0.780. The van der Waals surface area contributed by atoms with Gasteiger partial charge in [0.15, 0.2) is 0 Å². The fourth-order valence-electron chi connectivity index (χ4n) is 5.73. The van der Waals surface area contributed by atoms with Crippen molar-refractivity contribution in [3.63, 3.8) is 0 Å². The van der Waals surface area contributed by atoms with E-state index < -0.39 is 5.54 Å². The minimum Gasteiger partial charge on any atom is -0.469 e. The molecule has 6 nitrogen and oxygen atoms in total. The summed E-state index contributed by atoms with van der Waals surface area (Å²) in [5, 5.41) is 1.16. The quantitative estimate of drug-likeness (QED) is 0.838. The van der Waals surface area contributed by atoms with Crippen molar-refractivity contribution in [1.29, 1.82) is 0 Å². The number of methoxy groups -OCH3 is 2. The van der Waals surface area contributed by atoms with Gasteiger partial charge in [0.05, 0.1) is 26.2 Å². The molecule has 2 fully saturated rings. The number of H-pyrrole nitrogens is 1. The lowest BCUT2D eigenvalue weighted by Crippen LogP contribution is -2.56. The number of esters is 2. The van der Waals surface area contributed by atoms with Crippen LogP contribution in [0.1, 0.15) is 36.6 Å². The molecule has 26 heavy (non-hydrogen) atoms. The molecule has 0 spiro atoms. The number of hydrogen-bond acceptors (Lipinski definition) is 5. The molecule has 0 aliphatic carbocycles. The summed E-state index contributed by atoms with van der Waals surface area (Å²) >= 11 is 0. The summed E-state index contributed by atoms with van der Waals surface area (Å²) < 4.78 is 10.3. The standard InChI is InChI=1S/C20H22N2O4/c1-25-18(23)13-10-20(19(24)26-2)9-12-11-5-3-4-6-14(11)21-17(12)16-8-7-15(13)22(16)20/h3-6,13,15-16,21H,7-10H2,1-2H3/t13-,15-,16-,20-/m0/s1. The molecular formula is C20H22N2O4. The summed E-state index contributed by atoms with van der Waals surface area (Å²) in [4.78, 5) is 31.2. The first kappa shape index (κ1) is 15.9. The molecule has 0 bridgehead atoms. The lowest BCUT2D eigenvalue weighted by atomic mass is 9.79. The molecule has 0 amide bonds. The first-order valence-corrected chi connectivity index (χ1v) is 9.15. The van der Waals surface area contributed by atoms with Gasteiger partial charge in [0, 0.05) is 29.1 Å². The Morgan fingerprint density at radius 3 is 2.77 bits per heavy atom. The highest BCUT2D eigenvalue weighted by Gasteiger charge is 2.65. The van der Waals surface area contributed by atoms with Crippen molar-refractivity contribution in [2.75, 3.05) is 14.2 Å². The van der Waals surface area contributed by atoms with Crippen LogP contribution in [-0.2, 0) is 25.5 Å². The topological polar surface area (TPSA) is 71.6 Å². The third-order valence-electron chi connectivity index (χ3n) is 6.66. The molecular weight excluding hydrogens is 332 g/mol. The molecule has 0 saturated carbocycles. The van der Waals surface area contributed by atoms with Gasteiger partial charge < -0.3 is 14.5 Å². The van der Waals surface area contributed by atoms with Crippen LogP contribution in [-0.4, -0.2) is 47.6 Å². The van der Waals surface area contributed by atoms with Gasteiger partial charge in [0.25, 0.3) is 0 Å². The molecule has 1 aromatic carbocycles. The van der Waals surface area contributed by atoms with Gasteiger partial charge in [-0.1, -0.05) is 18.2 Å². The summed E-state index contributed by atoms with van der Waals surface area (Å²) in [7, 11) is 2.86. The van der Waals surface area contributed by atoms with Crippen LogP contribution < -0.4 is 0 Å². The molecule has 3 aliphatic rings. The summed E-state index contributed by atoms with van der Waals surface area (Å²) in [6.45, 7) is 0. The lowest BCUT2D eigenvalue weighted by molar-refractivity contribution is -0.156. The third kappa shape index (κ3) is 1.80. The highest BCUT2D eigenvalue weighted by atomic mass is 16.5. The van der Waals surface area contributed by atoms with Crippen molar-refractivity contribution >= 4 is 22.8 Å². The largest absolute Gasteiger partial charge is 0.469 e. The van der Waals surface area contributed by atoms with Crippen molar-refractivity contribution in [2.45, 2.75) is 43.3 Å². The molecule has 0 radical (unpaired) electrons. The number of nitrogens with one attached hydrogen (secondary N) is 1. The molecule has 1 aromatic heterocycles. The van der Waals surface area contributed by atoms with Crippen LogP contribution in [0.4, 0.5) is 0 Å². The van der Waals surface area contributed by atoms with E-state index in [-0.39, 0.29) is 29.9 Å². The second-order valence-corrected chi connectivity index (χ2v) is 7.66. The number of aromatic nitrogens is 1. The summed E-state index contributed by atoms with van der Waals surface area (Å²) in [5.41, 5.74) is 2.71. The fourth-order valence-corrected chi connectivity index (χ4v) is 5.73. The maximum atomic E-state index is 13.0. The Morgan fingerprint density at radius 2 is 2.00 bits per heavy atom. The van der Waals surface area contributed by atoms with E-state index >= 15 is 0 Å². The van der Waals surface area contributed by atoms with E-state index in [2.05, 4.69) is 22.0 Å². The Bertz CT molecular complexity index is 920. The van der Waals surface area contributed by atoms with E-state index in [0.717, 1.165) is 23.7 Å². The van der Waals surface area contributed by atoms with Crippen molar-refractivity contribution in [2.24, 2.45) is 5.92 Å². The average Bonchev–Trinajstić information content (AvgIpc) is 3.35. The number of para-hydroxylation sites is 1. The van der Waals surface area contributed by atoms with Crippen LogP contribution in [0.25, 0.3) is 10.9 Å². The van der Waals surface area contributed by atoms with Gasteiger partial charge in [-0.05, 0) is 30.9 Å². The highest BCUT2D eigenvalue weighted by Crippen LogP contribution is 2.57. The van der Waals surface area contributed by atoms with Gasteiger partial charge in [-0.25, -0.2) is 0 Å². The maximum Gasteiger partial charge on any atom is 0.326 e. The molecule has 5 rings (SSSR count). The Hall–Kier alpha value is -2.34. The third-order valence-corrected chi connectivity index (χ3v) is 6.66. The van der Waals surface area contributed by atoms with E-state index in [9.17, 15) is 9.59 Å². The van der Waals surface area contributed by atoms with Crippen LogP contribution in [0.3, 0.4) is 0 Å². The van der Waals surface area contributed by atoms with Crippen molar-refractivity contribution in [1.82, 2.24) is 9.88 Å². The van der Waals surface area contributed by atoms with E-state index in [1.807, 2.05) is 12.1 Å². The zero-order valence-electron chi connectivity index (χ0n) is 15.0. The van der Waals surface area contributed by atoms with Gasteiger partial charge in [-0.2, -0.15) is 0 Å². The van der Waals surface area contributed by atoms with Gasteiger partial charge in [0.1, 0.15) is 5.54 Å². The van der Waals surface area contributed by atoms with Crippen molar-refractivity contribution < 1.29 is 19.1 Å². The van der Waals surface area contributed by atoms with Gasteiger partial charge in [-0.15, -0.1) is 0 Å². The van der Waals surface area contributed by atoms with Crippen LogP contribution in [0.2, 0.25) is 0 Å². The summed E-state index contributed by atoms with van der Waals surface area (Å²) in [6.07, 6.45) is 2.85. The predicted molar refractivity (Wildman–Crippen MR) is 94.5 cm³/mol. The number of hydrogen-bond donors (Lipinski definition) is 1. The molecule has 2 aromatic rings. The molecule has 1 N–H and O–H groups in total. The maximum absolute atomic E-state index is 13.0. The van der Waals surface area contributed by atoms with Crippen LogP contribution >= 0.6 is 0 Å². The van der Waals surface area contributed by atoms with Gasteiger partial charge in [-0.3, -0.25) is 14.5 Å². The molecule has 3 aliphatic heterocycles. The Balaban J connectivity index is 1.71. The zero-order chi connectivity index (χ0) is 18.1.